The Balaban J connectivity index is 1.71. The Hall–Kier alpha value is -1.87. The van der Waals surface area contributed by atoms with Gasteiger partial charge >= 0.3 is 0 Å². The van der Waals surface area contributed by atoms with E-state index in [0.29, 0.717) is 6.04 Å². The van der Waals surface area contributed by atoms with Gasteiger partial charge in [0.25, 0.3) is 0 Å². The first-order valence-corrected chi connectivity index (χ1v) is 6.67. The fraction of sp³-hybridized carbons (Fsp3) is 0.312. The first kappa shape index (κ1) is 12.2. The Morgan fingerprint density at radius 2 is 2.05 bits per heavy atom. The minimum atomic E-state index is 0.204. The van der Waals surface area contributed by atoms with Crippen LogP contribution in [0.2, 0.25) is 0 Å². The van der Waals surface area contributed by atoms with Gasteiger partial charge in [-0.1, -0.05) is 18.2 Å². The molecular weight excluding hydrogens is 236 g/mol. The van der Waals surface area contributed by atoms with Crippen LogP contribution in [0.3, 0.4) is 0 Å². The monoisotopic (exact) mass is 254 g/mol. The van der Waals surface area contributed by atoms with Crippen LogP contribution in [0.25, 0.3) is 0 Å². The summed E-state index contributed by atoms with van der Waals surface area (Å²) in [6, 6.07) is 12.7. The van der Waals surface area contributed by atoms with Crippen LogP contribution in [0.5, 0.6) is 5.75 Å². The third kappa shape index (κ3) is 2.61. The van der Waals surface area contributed by atoms with Crippen molar-refractivity contribution >= 4 is 0 Å². The molecule has 2 aromatic rings. The molecule has 1 aromatic heterocycles. The van der Waals surface area contributed by atoms with Crippen molar-refractivity contribution in [2.45, 2.75) is 25.0 Å². The number of ether oxygens (including phenoxy) is 1. The molecule has 0 saturated heterocycles. The average Bonchev–Trinajstić information content (AvgIpc) is 2.89. The molecule has 2 atom stereocenters. The summed E-state index contributed by atoms with van der Waals surface area (Å²) >= 11 is 0. The molecule has 0 amide bonds. The van der Waals surface area contributed by atoms with Crippen molar-refractivity contribution in [3.8, 4) is 5.75 Å². The van der Waals surface area contributed by atoms with Crippen LogP contribution >= 0.6 is 0 Å². The third-order valence-electron chi connectivity index (χ3n) is 3.70. The molecule has 0 spiro atoms. The number of hydrogen-bond donors (Lipinski definition) is 1. The van der Waals surface area contributed by atoms with Crippen LogP contribution < -0.4 is 10.1 Å². The Morgan fingerprint density at radius 1 is 1.26 bits per heavy atom. The second kappa shape index (κ2) is 5.41. The fourth-order valence-corrected chi connectivity index (χ4v) is 2.63. The molecule has 1 aliphatic heterocycles. The molecule has 98 valence electrons. The molecule has 3 rings (SSSR count). The summed E-state index contributed by atoms with van der Waals surface area (Å²) in [7, 11) is 2.00. The number of pyridine rings is 1. The summed E-state index contributed by atoms with van der Waals surface area (Å²) in [6.07, 6.45) is 5.82. The molecule has 0 fully saturated rings. The van der Waals surface area contributed by atoms with E-state index in [1.807, 2.05) is 25.5 Å². The van der Waals surface area contributed by atoms with Gasteiger partial charge in [-0.15, -0.1) is 0 Å². The summed E-state index contributed by atoms with van der Waals surface area (Å²) in [4.78, 5) is 4.06. The summed E-state index contributed by atoms with van der Waals surface area (Å²) in [5, 5.41) is 3.38. The Morgan fingerprint density at radius 3 is 2.79 bits per heavy atom. The van der Waals surface area contributed by atoms with Crippen molar-refractivity contribution in [1.82, 2.24) is 10.3 Å². The van der Waals surface area contributed by atoms with Crippen LogP contribution in [-0.4, -0.2) is 24.2 Å². The van der Waals surface area contributed by atoms with Crippen LogP contribution in [0.1, 0.15) is 11.1 Å². The van der Waals surface area contributed by atoms with Gasteiger partial charge in [0.2, 0.25) is 0 Å². The Kier molecular flexibility index (Phi) is 3.47. The topological polar surface area (TPSA) is 34.2 Å². The van der Waals surface area contributed by atoms with Gasteiger partial charge in [-0.2, -0.15) is 0 Å². The molecule has 1 N–H and O–H groups in total. The number of fused-ring (bicyclic) bond motifs is 1. The van der Waals surface area contributed by atoms with E-state index in [-0.39, 0.29) is 6.10 Å². The van der Waals surface area contributed by atoms with Crippen LogP contribution in [-0.2, 0) is 12.8 Å². The number of nitrogens with one attached hydrogen (secondary N) is 1. The predicted molar refractivity (Wildman–Crippen MR) is 75.4 cm³/mol. The van der Waals surface area contributed by atoms with Gasteiger partial charge in [0.15, 0.2) is 0 Å². The van der Waals surface area contributed by atoms with Crippen LogP contribution in [0, 0.1) is 0 Å². The van der Waals surface area contributed by atoms with Crippen LogP contribution in [0.4, 0.5) is 0 Å². The molecule has 3 heteroatoms. The second-order valence-corrected chi connectivity index (χ2v) is 4.92. The SMILES string of the molecule is CNC(Cc1ccncc1)C1Cc2ccccc2O1. The standard InChI is InChI=1S/C16H18N2O/c1-17-14(10-12-6-8-18-9-7-12)16-11-13-4-2-3-5-15(13)19-16/h2-9,14,16-17H,10-11H2,1H3. The average molecular weight is 254 g/mol. The van der Waals surface area contributed by atoms with E-state index in [4.69, 9.17) is 4.74 Å². The molecular formula is C16H18N2O. The number of aromatic nitrogens is 1. The van der Waals surface area contributed by atoms with E-state index in [0.717, 1.165) is 18.6 Å². The maximum atomic E-state index is 6.05. The highest BCUT2D eigenvalue weighted by atomic mass is 16.5. The largest absolute Gasteiger partial charge is 0.488 e. The summed E-state index contributed by atoms with van der Waals surface area (Å²) in [6.45, 7) is 0. The summed E-state index contributed by atoms with van der Waals surface area (Å²) in [5.41, 5.74) is 2.59. The van der Waals surface area contributed by atoms with E-state index in [9.17, 15) is 0 Å². The van der Waals surface area contributed by atoms with Crippen molar-refractivity contribution in [3.05, 3.63) is 59.9 Å². The van der Waals surface area contributed by atoms with E-state index < -0.39 is 0 Å². The Labute approximate surface area is 113 Å². The third-order valence-corrected chi connectivity index (χ3v) is 3.70. The quantitative estimate of drug-likeness (QED) is 0.908. The van der Waals surface area contributed by atoms with E-state index >= 15 is 0 Å². The zero-order chi connectivity index (χ0) is 13.1. The summed E-state index contributed by atoms with van der Waals surface area (Å²) < 4.78 is 6.05. The minimum absolute atomic E-state index is 0.204. The number of nitrogens with zero attached hydrogens (tertiary/aromatic N) is 1. The zero-order valence-electron chi connectivity index (χ0n) is 11.0. The zero-order valence-corrected chi connectivity index (χ0v) is 11.0. The minimum Gasteiger partial charge on any atom is -0.488 e. The molecule has 3 nitrogen and oxygen atoms in total. The van der Waals surface area contributed by atoms with Gasteiger partial charge < -0.3 is 10.1 Å². The molecule has 1 aliphatic rings. The maximum Gasteiger partial charge on any atom is 0.123 e. The number of para-hydroxylation sites is 1. The fourth-order valence-electron chi connectivity index (χ4n) is 2.63. The molecule has 2 unspecified atom stereocenters. The lowest BCUT2D eigenvalue weighted by Crippen LogP contribution is -2.42. The lowest BCUT2D eigenvalue weighted by molar-refractivity contribution is 0.182. The van der Waals surface area contributed by atoms with Crippen molar-refractivity contribution in [2.24, 2.45) is 0 Å². The number of rotatable bonds is 4. The van der Waals surface area contributed by atoms with Gasteiger partial charge in [-0.05, 0) is 42.8 Å². The van der Waals surface area contributed by atoms with Crippen molar-refractivity contribution in [1.29, 1.82) is 0 Å². The highest BCUT2D eigenvalue weighted by molar-refractivity contribution is 5.37. The molecule has 0 saturated carbocycles. The molecule has 0 radical (unpaired) electrons. The second-order valence-electron chi connectivity index (χ2n) is 4.92. The van der Waals surface area contributed by atoms with E-state index in [1.54, 1.807) is 0 Å². The smallest absolute Gasteiger partial charge is 0.123 e. The van der Waals surface area contributed by atoms with Crippen LogP contribution in [0.15, 0.2) is 48.8 Å². The van der Waals surface area contributed by atoms with Gasteiger partial charge in [0.1, 0.15) is 11.9 Å². The molecule has 2 heterocycles. The van der Waals surface area contributed by atoms with Crippen molar-refractivity contribution < 1.29 is 4.74 Å². The maximum absolute atomic E-state index is 6.05. The first-order chi connectivity index (χ1) is 9.36. The highest BCUT2D eigenvalue weighted by Gasteiger charge is 2.29. The molecule has 0 bridgehead atoms. The van der Waals surface area contributed by atoms with Crippen molar-refractivity contribution in [3.63, 3.8) is 0 Å². The van der Waals surface area contributed by atoms with Gasteiger partial charge in [-0.3, -0.25) is 4.98 Å². The van der Waals surface area contributed by atoms with Gasteiger partial charge in [0.05, 0.1) is 0 Å². The number of benzene rings is 1. The first-order valence-electron chi connectivity index (χ1n) is 6.67. The molecule has 1 aromatic carbocycles. The highest BCUT2D eigenvalue weighted by Crippen LogP contribution is 2.30. The van der Waals surface area contributed by atoms with Crippen molar-refractivity contribution in [2.75, 3.05) is 7.05 Å². The Bertz CT molecular complexity index is 516. The predicted octanol–water partition coefficient (Wildman–Crippen LogP) is 2.22. The lowest BCUT2D eigenvalue weighted by Gasteiger charge is -2.22. The molecule has 19 heavy (non-hydrogen) atoms. The molecule has 0 aliphatic carbocycles. The van der Waals surface area contributed by atoms with Gasteiger partial charge in [-0.25, -0.2) is 0 Å². The number of likely N-dealkylation sites (N-methyl/N-ethyl adjacent to an activating group) is 1. The van der Waals surface area contributed by atoms with E-state index in [1.165, 1.54) is 11.1 Å². The number of hydrogen-bond acceptors (Lipinski definition) is 3. The summed E-state index contributed by atoms with van der Waals surface area (Å²) in [5.74, 6) is 1.03. The lowest BCUT2D eigenvalue weighted by atomic mass is 9.98. The van der Waals surface area contributed by atoms with E-state index in [2.05, 4.69) is 40.6 Å². The normalized spacial score (nSPS) is 18.7. The van der Waals surface area contributed by atoms with Gasteiger partial charge in [0, 0.05) is 24.9 Å².